The number of rotatable bonds is 3. The molecule has 1 aliphatic rings. The lowest BCUT2D eigenvalue weighted by Gasteiger charge is -2.25. The predicted molar refractivity (Wildman–Crippen MR) is 95.2 cm³/mol. The molecule has 0 heterocycles. The number of Topliss-reactive ketones (excluding diaryl/α,β-unsaturated/α-hetero) is 1. The molecular weight excluding hydrogens is 395 g/mol. The van der Waals surface area contributed by atoms with Gasteiger partial charge in [-0.25, -0.2) is 0 Å². The van der Waals surface area contributed by atoms with Gasteiger partial charge < -0.3 is 0 Å². The zero-order valence-corrected chi connectivity index (χ0v) is 14.5. The van der Waals surface area contributed by atoms with Crippen LogP contribution in [-0.4, -0.2) is 5.78 Å². The third-order valence-electron chi connectivity index (χ3n) is 4.15. The fraction of sp³-hybridized carbons (Fsp3) is 0.278. The van der Waals surface area contributed by atoms with Gasteiger partial charge in [0.1, 0.15) is 0 Å². The van der Waals surface area contributed by atoms with Crippen molar-refractivity contribution >= 4 is 40.0 Å². The summed E-state index contributed by atoms with van der Waals surface area (Å²) in [4.78, 5) is 12.6. The molecule has 3 heteroatoms. The van der Waals surface area contributed by atoms with Gasteiger partial charge in [0.15, 0.2) is 5.78 Å². The molecule has 2 aromatic carbocycles. The third kappa shape index (κ3) is 3.32. The van der Waals surface area contributed by atoms with E-state index in [0.29, 0.717) is 17.4 Å². The summed E-state index contributed by atoms with van der Waals surface area (Å²) in [5.74, 6) is 0.542. The van der Waals surface area contributed by atoms with Crippen LogP contribution in [0.2, 0.25) is 5.02 Å². The monoisotopic (exact) mass is 410 g/mol. The van der Waals surface area contributed by atoms with Gasteiger partial charge in [0, 0.05) is 20.6 Å². The highest BCUT2D eigenvalue weighted by Crippen LogP contribution is 2.35. The van der Waals surface area contributed by atoms with Gasteiger partial charge in [-0.05, 0) is 77.1 Å². The van der Waals surface area contributed by atoms with Gasteiger partial charge in [-0.3, -0.25) is 4.79 Å². The first-order valence-electron chi connectivity index (χ1n) is 7.21. The van der Waals surface area contributed by atoms with Crippen LogP contribution < -0.4 is 0 Å². The van der Waals surface area contributed by atoms with Crippen molar-refractivity contribution in [1.29, 1.82) is 0 Å². The van der Waals surface area contributed by atoms with E-state index < -0.39 is 0 Å². The van der Waals surface area contributed by atoms with Crippen LogP contribution in [0, 0.1) is 3.57 Å². The molecule has 21 heavy (non-hydrogen) atoms. The zero-order chi connectivity index (χ0) is 14.8. The molecule has 2 aromatic rings. The van der Waals surface area contributed by atoms with Crippen molar-refractivity contribution in [3.8, 4) is 0 Å². The van der Waals surface area contributed by atoms with Crippen LogP contribution in [0.3, 0.4) is 0 Å². The Hall–Kier alpha value is -0.870. The number of ketones is 1. The number of carbonyl (C=O) groups excluding carboxylic acids is 1. The minimum atomic E-state index is 0.198. The maximum Gasteiger partial charge on any atom is 0.164 e. The molecule has 0 aromatic heterocycles. The van der Waals surface area contributed by atoms with E-state index in [9.17, 15) is 4.79 Å². The average molecular weight is 411 g/mol. The summed E-state index contributed by atoms with van der Waals surface area (Å²) in [5.41, 5.74) is 3.52. The van der Waals surface area contributed by atoms with Crippen molar-refractivity contribution in [3.05, 3.63) is 67.7 Å². The van der Waals surface area contributed by atoms with Crippen molar-refractivity contribution < 1.29 is 4.79 Å². The molecule has 0 amide bonds. The molecule has 0 spiro atoms. The maximum atomic E-state index is 12.6. The Morgan fingerprint density at radius 2 is 2.05 bits per heavy atom. The molecule has 0 saturated heterocycles. The van der Waals surface area contributed by atoms with E-state index in [0.717, 1.165) is 22.0 Å². The number of aryl methyl sites for hydroxylation is 1. The van der Waals surface area contributed by atoms with Crippen LogP contribution >= 0.6 is 34.2 Å². The van der Waals surface area contributed by atoms with Crippen LogP contribution in [0.4, 0.5) is 0 Å². The summed E-state index contributed by atoms with van der Waals surface area (Å²) < 4.78 is 0.978. The van der Waals surface area contributed by atoms with Gasteiger partial charge in [0.2, 0.25) is 0 Å². The van der Waals surface area contributed by atoms with E-state index in [1.807, 2.05) is 12.1 Å². The molecule has 0 N–H and O–H groups in total. The van der Waals surface area contributed by atoms with E-state index in [4.69, 9.17) is 11.6 Å². The second kappa shape index (κ2) is 6.49. The molecule has 108 valence electrons. The number of hydrogen-bond acceptors (Lipinski definition) is 1. The largest absolute Gasteiger partial charge is 0.294 e. The Morgan fingerprint density at radius 3 is 2.90 bits per heavy atom. The highest BCUT2D eigenvalue weighted by Gasteiger charge is 2.23. The number of hydrogen-bond donors (Lipinski definition) is 0. The summed E-state index contributed by atoms with van der Waals surface area (Å²) in [6.45, 7) is 0. The number of halogens is 2. The van der Waals surface area contributed by atoms with Gasteiger partial charge in [-0.2, -0.15) is 0 Å². The summed E-state index contributed by atoms with van der Waals surface area (Å²) in [6, 6.07) is 14.1. The van der Waals surface area contributed by atoms with Crippen LogP contribution in [0.1, 0.15) is 46.7 Å². The average Bonchev–Trinajstić information content (AvgIpc) is 2.50. The van der Waals surface area contributed by atoms with E-state index in [1.54, 1.807) is 6.07 Å². The first-order valence-corrected chi connectivity index (χ1v) is 8.67. The Bertz CT molecular complexity index is 681. The van der Waals surface area contributed by atoms with Crippen LogP contribution in [0.25, 0.3) is 0 Å². The van der Waals surface area contributed by atoms with E-state index in [-0.39, 0.29) is 5.78 Å². The Kier molecular flexibility index (Phi) is 4.65. The molecule has 1 nitrogen and oxygen atoms in total. The topological polar surface area (TPSA) is 17.1 Å². The molecule has 1 unspecified atom stereocenters. The minimum absolute atomic E-state index is 0.198. The number of carbonyl (C=O) groups is 1. The standard InChI is InChI=1S/C18H16ClIO/c19-14-8-9-17(20)16(11-14)18(21)10-13-6-3-5-12-4-1-2-7-15(12)13/h1-2,4,7-9,11,13H,3,5-6,10H2. The van der Waals surface area contributed by atoms with E-state index in [2.05, 4.69) is 46.9 Å². The van der Waals surface area contributed by atoms with Crippen molar-refractivity contribution in [2.24, 2.45) is 0 Å². The second-order valence-corrected chi connectivity index (χ2v) is 7.14. The smallest absolute Gasteiger partial charge is 0.164 e. The van der Waals surface area contributed by atoms with Crippen LogP contribution in [-0.2, 0) is 6.42 Å². The summed E-state index contributed by atoms with van der Waals surface area (Å²) in [5, 5.41) is 0.628. The highest BCUT2D eigenvalue weighted by molar-refractivity contribution is 14.1. The number of benzene rings is 2. The zero-order valence-electron chi connectivity index (χ0n) is 11.6. The normalized spacial score (nSPS) is 17.3. The third-order valence-corrected chi connectivity index (χ3v) is 5.33. The molecule has 1 aliphatic carbocycles. The van der Waals surface area contributed by atoms with Gasteiger partial charge in [0.05, 0.1) is 0 Å². The molecule has 0 bridgehead atoms. The lowest BCUT2D eigenvalue weighted by molar-refractivity contribution is 0.0970. The second-order valence-electron chi connectivity index (χ2n) is 5.54. The quantitative estimate of drug-likeness (QED) is 0.473. The Labute approximate surface area is 143 Å². The van der Waals surface area contributed by atoms with Crippen molar-refractivity contribution in [2.75, 3.05) is 0 Å². The molecule has 0 saturated carbocycles. The van der Waals surface area contributed by atoms with Crippen molar-refractivity contribution in [1.82, 2.24) is 0 Å². The predicted octanol–water partition coefficient (Wildman–Crippen LogP) is 5.64. The molecule has 0 radical (unpaired) electrons. The van der Waals surface area contributed by atoms with Gasteiger partial charge >= 0.3 is 0 Å². The molecule has 0 fully saturated rings. The molecular formula is C18H16ClIO. The fourth-order valence-corrected chi connectivity index (χ4v) is 3.92. The molecule has 1 atom stereocenters. The summed E-state index contributed by atoms with van der Waals surface area (Å²) in [6.07, 6.45) is 3.98. The van der Waals surface area contributed by atoms with Crippen molar-refractivity contribution in [2.45, 2.75) is 31.6 Å². The van der Waals surface area contributed by atoms with Gasteiger partial charge in [0.25, 0.3) is 0 Å². The van der Waals surface area contributed by atoms with Gasteiger partial charge in [-0.1, -0.05) is 35.9 Å². The lowest BCUT2D eigenvalue weighted by Crippen LogP contribution is -2.14. The van der Waals surface area contributed by atoms with Crippen LogP contribution in [0.5, 0.6) is 0 Å². The minimum Gasteiger partial charge on any atom is -0.294 e. The lowest BCUT2D eigenvalue weighted by atomic mass is 9.79. The first kappa shape index (κ1) is 15.0. The Morgan fingerprint density at radius 1 is 1.24 bits per heavy atom. The first-order chi connectivity index (χ1) is 10.1. The summed E-state index contributed by atoms with van der Waals surface area (Å²) >= 11 is 8.24. The Balaban J connectivity index is 1.84. The van der Waals surface area contributed by atoms with E-state index in [1.165, 1.54) is 17.5 Å². The fourth-order valence-electron chi connectivity index (χ4n) is 3.11. The number of fused-ring (bicyclic) bond motifs is 1. The molecule has 3 rings (SSSR count). The van der Waals surface area contributed by atoms with Gasteiger partial charge in [-0.15, -0.1) is 0 Å². The summed E-state index contributed by atoms with van der Waals surface area (Å²) in [7, 11) is 0. The highest BCUT2D eigenvalue weighted by atomic mass is 127. The van der Waals surface area contributed by atoms with E-state index >= 15 is 0 Å². The van der Waals surface area contributed by atoms with Crippen molar-refractivity contribution in [3.63, 3.8) is 0 Å². The van der Waals surface area contributed by atoms with Crippen LogP contribution in [0.15, 0.2) is 42.5 Å². The SMILES string of the molecule is O=C(CC1CCCc2ccccc21)c1cc(Cl)ccc1I. The molecule has 0 aliphatic heterocycles. The maximum absolute atomic E-state index is 12.6.